The Kier molecular flexibility index (Phi) is 6.78. The first-order valence-electron chi connectivity index (χ1n) is 10.7. The van der Waals surface area contributed by atoms with E-state index in [2.05, 4.69) is 64.9 Å². The molecule has 0 saturated carbocycles. The number of hydrogen-bond donors (Lipinski definition) is 0. The molecule has 0 amide bonds. The van der Waals surface area contributed by atoms with Crippen LogP contribution in [0.25, 0.3) is 11.1 Å². The van der Waals surface area contributed by atoms with E-state index in [4.69, 9.17) is 9.47 Å². The van der Waals surface area contributed by atoms with Gasteiger partial charge >= 0.3 is 5.97 Å². The second kappa shape index (κ2) is 10.1. The summed E-state index contributed by atoms with van der Waals surface area (Å²) < 4.78 is 12.4. The average Bonchev–Trinajstić information content (AvgIpc) is 3.27. The molecular formula is C26H26N4O3. The van der Waals surface area contributed by atoms with Gasteiger partial charge in [0.25, 0.3) is 0 Å². The zero-order valence-corrected chi connectivity index (χ0v) is 18.9. The number of methoxy groups -OCH3 is 1. The van der Waals surface area contributed by atoms with E-state index in [1.54, 1.807) is 11.7 Å². The highest BCUT2D eigenvalue weighted by atomic mass is 16.5. The van der Waals surface area contributed by atoms with Crippen LogP contribution >= 0.6 is 0 Å². The summed E-state index contributed by atoms with van der Waals surface area (Å²) in [7, 11) is 3.13. The van der Waals surface area contributed by atoms with Gasteiger partial charge in [-0.25, -0.2) is 4.68 Å². The van der Waals surface area contributed by atoms with Crippen molar-refractivity contribution >= 4 is 5.97 Å². The highest BCUT2D eigenvalue weighted by molar-refractivity contribution is 5.71. The lowest BCUT2D eigenvalue weighted by Crippen LogP contribution is -2.14. The number of nitrogens with zero attached hydrogens (tertiary/aromatic N) is 4. The first-order valence-corrected chi connectivity index (χ1v) is 10.7. The fourth-order valence-corrected chi connectivity index (χ4v) is 3.69. The Morgan fingerprint density at radius 2 is 1.76 bits per heavy atom. The number of esters is 1. The van der Waals surface area contributed by atoms with E-state index in [0.29, 0.717) is 12.4 Å². The number of rotatable bonds is 8. The molecule has 0 spiro atoms. The largest absolute Gasteiger partial charge is 0.489 e. The molecular weight excluding hydrogens is 416 g/mol. The minimum absolute atomic E-state index is 0.150. The van der Waals surface area contributed by atoms with Crippen molar-refractivity contribution in [1.82, 2.24) is 20.2 Å². The number of carbonyl (C=O) groups excluding carboxylic acids is 1. The number of aromatic nitrogens is 4. The molecule has 0 N–H and O–H groups in total. The summed E-state index contributed by atoms with van der Waals surface area (Å²) in [5.74, 6) is 0.712. The molecule has 7 nitrogen and oxygen atoms in total. The van der Waals surface area contributed by atoms with Crippen LogP contribution in [0.3, 0.4) is 0 Å². The van der Waals surface area contributed by atoms with Crippen molar-refractivity contribution in [2.75, 3.05) is 7.11 Å². The van der Waals surface area contributed by atoms with Crippen molar-refractivity contribution < 1.29 is 14.3 Å². The number of hydrogen-bond acceptors (Lipinski definition) is 6. The van der Waals surface area contributed by atoms with Crippen molar-refractivity contribution in [3.05, 3.63) is 95.3 Å². The second-order valence-electron chi connectivity index (χ2n) is 7.92. The first-order chi connectivity index (χ1) is 16.0. The highest BCUT2D eigenvalue weighted by Crippen LogP contribution is 2.28. The van der Waals surface area contributed by atoms with Gasteiger partial charge in [0.15, 0.2) is 5.82 Å². The second-order valence-corrected chi connectivity index (χ2v) is 7.92. The molecule has 168 valence electrons. The molecule has 1 atom stereocenters. The van der Waals surface area contributed by atoms with Crippen LogP contribution in [0, 0.1) is 6.92 Å². The van der Waals surface area contributed by atoms with Gasteiger partial charge in [-0.3, -0.25) is 4.79 Å². The van der Waals surface area contributed by atoms with E-state index in [1.165, 1.54) is 18.2 Å². The molecule has 0 fully saturated rings. The van der Waals surface area contributed by atoms with Gasteiger partial charge in [-0.1, -0.05) is 60.2 Å². The average molecular weight is 443 g/mol. The molecule has 0 saturated heterocycles. The molecule has 0 aliphatic rings. The molecule has 7 heteroatoms. The topological polar surface area (TPSA) is 79.1 Å². The minimum Gasteiger partial charge on any atom is -0.489 e. The Bertz CT molecular complexity index is 1220. The van der Waals surface area contributed by atoms with Gasteiger partial charge in [-0.2, -0.15) is 0 Å². The maximum absolute atomic E-state index is 12.0. The molecule has 1 aromatic heterocycles. The Morgan fingerprint density at radius 1 is 1.00 bits per heavy atom. The van der Waals surface area contributed by atoms with E-state index in [1.807, 2.05) is 30.3 Å². The van der Waals surface area contributed by atoms with E-state index < -0.39 is 0 Å². The van der Waals surface area contributed by atoms with Gasteiger partial charge < -0.3 is 9.47 Å². The number of carbonyl (C=O) groups is 1. The van der Waals surface area contributed by atoms with Crippen molar-refractivity contribution in [1.29, 1.82) is 0 Å². The van der Waals surface area contributed by atoms with Gasteiger partial charge in [0.1, 0.15) is 12.4 Å². The predicted octanol–water partition coefficient (Wildman–Crippen LogP) is 4.46. The summed E-state index contributed by atoms with van der Waals surface area (Å²) in [5, 5.41) is 11.7. The molecule has 0 aliphatic heterocycles. The van der Waals surface area contributed by atoms with Crippen LogP contribution < -0.4 is 4.74 Å². The van der Waals surface area contributed by atoms with Gasteiger partial charge in [0.2, 0.25) is 0 Å². The molecule has 4 aromatic rings. The summed E-state index contributed by atoms with van der Waals surface area (Å²) in [6.45, 7) is 2.54. The third kappa shape index (κ3) is 5.44. The van der Waals surface area contributed by atoms with Crippen LogP contribution in [-0.4, -0.2) is 33.3 Å². The van der Waals surface area contributed by atoms with Crippen LogP contribution in [0.1, 0.15) is 34.9 Å². The van der Waals surface area contributed by atoms with Crippen LogP contribution in [0.15, 0.2) is 72.8 Å². The van der Waals surface area contributed by atoms with E-state index >= 15 is 0 Å². The van der Waals surface area contributed by atoms with Crippen LogP contribution in [-0.2, 0) is 23.2 Å². The van der Waals surface area contributed by atoms with Crippen molar-refractivity contribution in [2.24, 2.45) is 7.05 Å². The number of aryl methyl sites for hydroxylation is 2. The molecule has 0 unspecified atom stereocenters. The lowest BCUT2D eigenvalue weighted by atomic mass is 9.95. The Morgan fingerprint density at radius 3 is 2.42 bits per heavy atom. The van der Waals surface area contributed by atoms with E-state index in [0.717, 1.165) is 22.4 Å². The number of ether oxygens (including phenoxy) is 2. The Labute approximate surface area is 193 Å². The zero-order valence-electron chi connectivity index (χ0n) is 18.9. The molecule has 0 bridgehead atoms. The smallest absolute Gasteiger partial charge is 0.306 e. The number of benzene rings is 3. The molecule has 3 aromatic carbocycles. The van der Waals surface area contributed by atoms with Crippen LogP contribution in [0.2, 0.25) is 0 Å². The molecule has 1 heterocycles. The predicted molar refractivity (Wildman–Crippen MR) is 125 cm³/mol. The van der Waals surface area contributed by atoms with Crippen LogP contribution in [0.5, 0.6) is 5.75 Å². The van der Waals surface area contributed by atoms with E-state index in [9.17, 15) is 4.79 Å². The van der Waals surface area contributed by atoms with Crippen molar-refractivity contribution in [3.8, 4) is 16.9 Å². The quantitative estimate of drug-likeness (QED) is 0.375. The lowest BCUT2D eigenvalue weighted by molar-refractivity contribution is -0.140. The highest BCUT2D eigenvalue weighted by Gasteiger charge is 2.23. The maximum Gasteiger partial charge on any atom is 0.306 e. The third-order valence-electron chi connectivity index (χ3n) is 5.56. The van der Waals surface area contributed by atoms with Crippen LogP contribution in [0.4, 0.5) is 0 Å². The third-order valence-corrected chi connectivity index (χ3v) is 5.56. The zero-order chi connectivity index (χ0) is 23.2. The fraction of sp³-hybridized carbons (Fsp3) is 0.231. The van der Waals surface area contributed by atoms with Crippen molar-refractivity contribution in [3.63, 3.8) is 0 Å². The molecule has 0 aliphatic carbocycles. The van der Waals surface area contributed by atoms with Gasteiger partial charge in [0, 0.05) is 7.05 Å². The summed E-state index contributed by atoms with van der Waals surface area (Å²) in [6.07, 6.45) is 0.150. The summed E-state index contributed by atoms with van der Waals surface area (Å²) >= 11 is 0. The fourth-order valence-electron chi connectivity index (χ4n) is 3.69. The first kappa shape index (κ1) is 22.2. The Hall–Kier alpha value is -4.00. The summed E-state index contributed by atoms with van der Waals surface area (Å²) in [5.41, 5.74) is 5.58. The normalized spacial score (nSPS) is 11.7. The van der Waals surface area contributed by atoms with Gasteiger partial charge in [-0.05, 0) is 57.8 Å². The monoisotopic (exact) mass is 442 g/mol. The molecule has 0 radical (unpaired) electrons. The SMILES string of the molecule is COC(=O)C[C@@H](c1ccc(OCc2cccc(-c3ccc(C)cc3)c2)cc1)c1nnnn1C. The molecule has 4 rings (SSSR count). The van der Waals surface area contributed by atoms with Gasteiger partial charge in [0.05, 0.1) is 19.4 Å². The summed E-state index contributed by atoms with van der Waals surface area (Å²) in [6, 6.07) is 24.5. The standard InChI is InChI=1S/C26H26N4O3/c1-18-7-9-20(10-8-18)22-6-4-5-19(15-22)17-33-23-13-11-21(12-14-23)24(16-25(31)32-3)26-27-28-29-30(26)2/h4-15,24H,16-17H2,1-3H3/t24-/m0/s1. The molecule has 33 heavy (non-hydrogen) atoms. The minimum atomic E-state index is -0.322. The Balaban J connectivity index is 1.46. The van der Waals surface area contributed by atoms with Crippen molar-refractivity contribution in [2.45, 2.75) is 25.9 Å². The number of tetrazole rings is 1. The summed E-state index contributed by atoms with van der Waals surface area (Å²) in [4.78, 5) is 12.0. The van der Waals surface area contributed by atoms with E-state index in [-0.39, 0.29) is 18.3 Å². The maximum atomic E-state index is 12.0. The van der Waals surface area contributed by atoms with Gasteiger partial charge in [-0.15, -0.1) is 5.10 Å². The lowest BCUT2D eigenvalue weighted by Gasteiger charge is -2.15.